The molecule has 0 spiro atoms. The molecule has 104 valence electrons. The van der Waals surface area contributed by atoms with Gasteiger partial charge in [0.15, 0.2) is 0 Å². The standard InChI is InChI=1S/C14H20N2O3/c1-16(12-8-4-3-5-9-12)15-13(17)10-6-7-11-14(18)19-2/h3-5,8-9H,6-7,10-11H2,1-2H3,(H,15,17). The third-order valence-corrected chi connectivity index (χ3v) is 2.70. The maximum Gasteiger partial charge on any atom is 0.305 e. The van der Waals surface area contributed by atoms with Crippen molar-refractivity contribution in [3.63, 3.8) is 0 Å². The molecule has 1 amide bonds. The lowest BCUT2D eigenvalue weighted by Crippen LogP contribution is -2.39. The van der Waals surface area contributed by atoms with Gasteiger partial charge in [-0.05, 0) is 25.0 Å². The predicted molar refractivity (Wildman–Crippen MR) is 73.5 cm³/mol. The number of amides is 1. The van der Waals surface area contributed by atoms with Crippen LogP contribution in [0.1, 0.15) is 25.7 Å². The number of anilines is 1. The van der Waals surface area contributed by atoms with Gasteiger partial charge in [-0.15, -0.1) is 0 Å². The Balaban J connectivity index is 2.22. The first-order chi connectivity index (χ1) is 9.13. The summed E-state index contributed by atoms with van der Waals surface area (Å²) in [7, 11) is 3.16. The summed E-state index contributed by atoms with van der Waals surface area (Å²) in [5.41, 5.74) is 3.70. The van der Waals surface area contributed by atoms with Crippen molar-refractivity contribution in [3.8, 4) is 0 Å². The highest BCUT2D eigenvalue weighted by molar-refractivity contribution is 5.77. The van der Waals surface area contributed by atoms with Gasteiger partial charge < -0.3 is 4.74 Å². The van der Waals surface area contributed by atoms with Crippen LogP contribution in [0.2, 0.25) is 0 Å². The molecule has 0 bridgehead atoms. The molecule has 0 saturated heterocycles. The summed E-state index contributed by atoms with van der Waals surface area (Å²) in [5, 5.41) is 1.68. The van der Waals surface area contributed by atoms with Crippen molar-refractivity contribution < 1.29 is 14.3 Å². The van der Waals surface area contributed by atoms with Gasteiger partial charge in [-0.2, -0.15) is 0 Å². The molecule has 0 unspecified atom stereocenters. The van der Waals surface area contributed by atoms with Crippen LogP contribution in [0.15, 0.2) is 30.3 Å². The SMILES string of the molecule is COC(=O)CCCCC(=O)NN(C)c1ccccc1. The van der Waals surface area contributed by atoms with E-state index in [9.17, 15) is 9.59 Å². The number of hydrogen-bond acceptors (Lipinski definition) is 4. The molecule has 0 aliphatic carbocycles. The van der Waals surface area contributed by atoms with Crippen molar-refractivity contribution in [1.29, 1.82) is 0 Å². The number of esters is 1. The van der Waals surface area contributed by atoms with Gasteiger partial charge >= 0.3 is 5.97 Å². The summed E-state index contributed by atoms with van der Waals surface area (Å²) in [6.45, 7) is 0. The van der Waals surface area contributed by atoms with E-state index in [1.54, 1.807) is 12.1 Å². The molecule has 1 rings (SSSR count). The Morgan fingerprint density at radius 3 is 2.42 bits per heavy atom. The van der Waals surface area contributed by atoms with Crippen LogP contribution >= 0.6 is 0 Å². The lowest BCUT2D eigenvalue weighted by molar-refractivity contribution is -0.140. The molecule has 1 aromatic carbocycles. The quantitative estimate of drug-likeness (QED) is 0.464. The fourth-order valence-electron chi connectivity index (χ4n) is 1.62. The first kappa shape index (κ1) is 15.0. The molecule has 1 N–H and O–H groups in total. The number of benzene rings is 1. The minimum absolute atomic E-state index is 0.0591. The van der Waals surface area contributed by atoms with Gasteiger partial charge in [0, 0.05) is 19.9 Å². The smallest absolute Gasteiger partial charge is 0.305 e. The second-order valence-corrected chi connectivity index (χ2v) is 4.21. The van der Waals surface area contributed by atoms with Crippen molar-refractivity contribution in [2.24, 2.45) is 0 Å². The number of para-hydroxylation sites is 1. The average Bonchev–Trinajstić information content (AvgIpc) is 2.44. The largest absolute Gasteiger partial charge is 0.469 e. The zero-order chi connectivity index (χ0) is 14.1. The average molecular weight is 264 g/mol. The number of ether oxygens (including phenoxy) is 1. The summed E-state index contributed by atoms with van der Waals surface area (Å²) in [4.78, 5) is 22.6. The first-order valence-corrected chi connectivity index (χ1v) is 6.28. The van der Waals surface area contributed by atoms with Crippen molar-refractivity contribution in [2.75, 3.05) is 19.2 Å². The number of nitrogens with zero attached hydrogens (tertiary/aromatic N) is 1. The van der Waals surface area contributed by atoms with Gasteiger partial charge in [-0.25, -0.2) is 0 Å². The Morgan fingerprint density at radius 1 is 1.16 bits per heavy atom. The van der Waals surface area contributed by atoms with Crippen molar-refractivity contribution in [2.45, 2.75) is 25.7 Å². The molecule has 0 radical (unpaired) electrons. The summed E-state index contributed by atoms with van der Waals surface area (Å²) in [6, 6.07) is 9.57. The third kappa shape index (κ3) is 5.90. The fourth-order valence-corrected chi connectivity index (χ4v) is 1.62. The number of nitrogens with one attached hydrogen (secondary N) is 1. The normalized spacial score (nSPS) is 9.79. The second kappa shape index (κ2) is 8.13. The van der Waals surface area contributed by atoms with Crippen LogP contribution < -0.4 is 10.4 Å². The van der Waals surface area contributed by atoms with E-state index in [0.29, 0.717) is 25.7 Å². The molecule has 1 aromatic rings. The van der Waals surface area contributed by atoms with E-state index in [1.807, 2.05) is 30.3 Å². The van der Waals surface area contributed by atoms with Gasteiger partial charge in [-0.3, -0.25) is 20.0 Å². The minimum atomic E-state index is -0.234. The maximum absolute atomic E-state index is 11.7. The fraction of sp³-hybridized carbons (Fsp3) is 0.429. The highest BCUT2D eigenvalue weighted by atomic mass is 16.5. The molecule has 0 fully saturated rings. The Kier molecular flexibility index (Phi) is 6.43. The van der Waals surface area contributed by atoms with E-state index < -0.39 is 0 Å². The summed E-state index contributed by atoms with van der Waals surface area (Å²) >= 11 is 0. The second-order valence-electron chi connectivity index (χ2n) is 4.21. The van der Waals surface area contributed by atoms with E-state index in [0.717, 1.165) is 5.69 Å². The lowest BCUT2D eigenvalue weighted by Gasteiger charge is -2.20. The topological polar surface area (TPSA) is 58.6 Å². The zero-order valence-electron chi connectivity index (χ0n) is 11.4. The summed E-state index contributed by atoms with van der Waals surface area (Å²) < 4.78 is 4.53. The minimum Gasteiger partial charge on any atom is -0.469 e. The van der Waals surface area contributed by atoms with Crippen LogP contribution in [-0.2, 0) is 14.3 Å². The van der Waals surface area contributed by atoms with Crippen molar-refractivity contribution in [3.05, 3.63) is 30.3 Å². The van der Waals surface area contributed by atoms with E-state index in [1.165, 1.54) is 7.11 Å². The van der Waals surface area contributed by atoms with E-state index in [4.69, 9.17) is 0 Å². The molecule has 0 aliphatic rings. The summed E-state index contributed by atoms with van der Waals surface area (Å²) in [5.74, 6) is -0.293. The van der Waals surface area contributed by atoms with Gasteiger partial charge in [0.25, 0.3) is 0 Å². The number of hydrogen-bond donors (Lipinski definition) is 1. The summed E-state index contributed by atoms with van der Waals surface area (Å²) in [6.07, 6.45) is 2.09. The molecular formula is C14H20N2O3. The molecule has 5 heteroatoms. The zero-order valence-corrected chi connectivity index (χ0v) is 11.4. The van der Waals surface area contributed by atoms with Gasteiger partial charge in [0.1, 0.15) is 0 Å². The Bertz CT molecular complexity index is 406. The van der Waals surface area contributed by atoms with E-state index in [-0.39, 0.29) is 11.9 Å². The van der Waals surface area contributed by atoms with Gasteiger partial charge in [0.05, 0.1) is 12.8 Å². The van der Waals surface area contributed by atoms with Crippen LogP contribution in [0.3, 0.4) is 0 Å². The highest BCUT2D eigenvalue weighted by Crippen LogP contribution is 2.09. The molecule has 0 heterocycles. The van der Waals surface area contributed by atoms with Crippen LogP contribution in [-0.4, -0.2) is 26.0 Å². The van der Waals surface area contributed by atoms with Crippen molar-refractivity contribution >= 4 is 17.6 Å². The number of rotatable bonds is 7. The molecule has 5 nitrogen and oxygen atoms in total. The number of carbonyl (C=O) groups is 2. The van der Waals surface area contributed by atoms with Crippen LogP contribution in [0.4, 0.5) is 5.69 Å². The molecule has 0 aromatic heterocycles. The first-order valence-electron chi connectivity index (χ1n) is 6.28. The molecule has 0 saturated carbocycles. The monoisotopic (exact) mass is 264 g/mol. The third-order valence-electron chi connectivity index (χ3n) is 2.70. The number of methoxy groups -OCH3 is 1. The predicted octanol–water partition coefficient (Wildman–Crippen LogP) is 1.89. The Morgan fingerprint density at radius 2 is 1.79 bits per heavy atom. The lowest BCUT2D eigenvalue weighted by atomic mass is 10.2. The number of hydrazine groups is 1. The van der Waals surface area contributed by atoms with Crippen LogP contribution in [0, 0.1) is 0 Å². The van der Waals surface area contributed by atoms with Gasteiger partial charge in [0.2, 0.25) is 5.91 Å². The Labute approximate surface area is 113 Å². The van der Waals surface area contributed by atoms with E-state index in [2.05, 4.69) is 10.2 Å². The molecular weight excluding hydrogens is 244 g/mol. The molecule has 0 aliphatic heterocycles. The maximum atomic E-state index is 11.7. The Hall–Kier alpha value is -2.04. The van der Waals surface area contributed by atoms with Crippen LogP contribution in [0.5, 0.6) is 0 Å². The van der Waals surface area contributed by atoms with Gasteiger partial charge in [-0.1, -0.05) is 18.2 Å². The highest BCUT2D eigenvalue weighted by Gasteiger charge is 2.06. The number of carbonyl (C=O) groups excluding carboxylic acids is 2. The van der Waals surface area contributed by atoms with E-state index >= 15 is 0 Å². The van der Waals surface area contributed by atoms with Crippen LogP contribution in [0.25, 0.3) is 0 Å². The molecule has 19 heavy (non-hydrogen) atoms. The van der Waals surface area contributed by atoms with Crippen molar-refractivity contribution in [1.82, 2.24) is 5.43 Å². The molecule has 0 atom stereocenters. The number of unbranched alkanes of at least 4 members (excludes halogenated alkanes) is 1.